The number of nitrogens with zero attached hydrogens (tertiary/aromatic N) is 2. The van der Waals surface area contributed by atoms with E-state index in [0.29, 0.717) is 24.1 Å². The van der Waals surface area contributed by atoms with Crippen molar-refractivity contribution < 1.29 is 14.1 Å². The van der Waals surface area contributed by atoms with Gasteiger partial charge in [0.2, 0.25) is 0 Å². The second-order valence-corrected chi connectivity index (χ2v) is 8.42. The van der Waals surface area contributed by atoms with Crippen molar-refractivity contribution in [2.75, 3.05) is 19.6 Å². The minimum absolute atomic E-state index is 0.0187. The second-order valence-electron chi connectivity index (χ2n) is 8.42. The van der Waals surface area contributed by atoms with Crippen LogP contribution in [0.2, 0.25) is 0 Å². The molecular formula is C22H27N3O3. The number of nitrogens with one attached hydrogen (secondary N) is 1. The number of carbonyl (C=O) groups excluding carboxylic acids is 1. The summed E-state index contributed by atoms with van der Waals surface area (Å²) in [5, 5.41) is 6.77. The molecule has 5 rings (SSSR count). The molecule has 2 bridgehead atoms. The largest absolute Gasteiger partial charge is 0.370 e. The third-order valence-electron chi connectivity index (χ3n) is 6.92. The maximum atomic E-state index is 12.3. The molecule has 1 aromatic heterocycles. The first-order chi connectivity index (χ1) is 13.7. The van der Waals surface area contributed by atoms with E-state index < -0.39 is 0 Å². The predicted octanol–water partition coefficient (Wildman–Crippen LogP) is 2.65. The normalized spacial score (nSPS) is 31.2. The lowest BCUT2D eigenvalue weighted by molar-refractivity contribution is 0.00210. The van der Waals surface area contributed by atoms with Gasteiger partial charge in [-0.2, -0.15) is 0 Å². The Bertz CT molecular complexity index is 852. The first kappa shape index (κ1) is 17.9. The standard InChI is InChI=1S/C22H27N3O3/c1-2-15-5-3-4-6-16(15)12-25-13-18-17(20-7-9-22(18,14-25)28-20)11-23-21(26)19-8-10-27-24-19/h3-6,8,10,17-18,20H,2,7,9,11-14H2,1H3,(H,23,26)/t17-,18+,20+,22+/m0/s1. The number of aromatic nitrogens is 1. The van der Waals surface area contributed by atoms with Gasteiger partial charge in [-0.15, -0.1) is 0 Å². The van der Waals surface area contributed by atoms with Crippen LogP contribution in [0.25, 0.3) is 0 Å². The van der Waals surface area contributed by atoms with Crippen LogP contribution in [0.15, 0.2) is 41.1 Å². The zero-order chi connectivity index (χ0) is 19.1. The monoisotopic (exact) mass is 381 g/mol. The fourth-order valence-electron chi connectivity index (χ4n) is 5.61. The van der Waals surface area contributed by atoms with Gasteiger partial charge in [0.25, 0.3) is 5.91 Å². The number of hydrogen-bond donors (Lipinski definition) is 1. The highest BCUT2D eigenvalue weighted by Gasteiger charge is 2.62. The number of ether oxygens (including phenoxy) is 1. The summed E-state index contributed by atoms with van der Waals surface area (Å²) in [5.41, 5.74) is 3.17. The SMILES string of the molecule is CCc1ccccc1CN1C[C@@H]2[C@H](CNC(=O)c3ccon3)[C@H]3CC[C@]2(C1)O3. The zero-order valence-electron chi connectivity index (χ0n) is 16.3. The summed E-state index contributed by atoms with van der Waals surface area (Å²) in [6.45, 7) is 5.88. The quantitative estimate of drug-likeness (QED) is 0.833. The van der Waals surface area contributed by atoms with Gasteiger partial charge < -0.3 is 14.6 Å². The first-order valence-electron chi connectivity index (χ1n) is 10.3. The number of fused-ring (bicyclic) bond motifs is 1. The van der Waals surface area contributed by atoms with E-state index in [1.54, 1.807) is 6.07 Å². The maximum absolute atomic E-state index is 12.3. The molecule has 3 fully saturated rings. The molecule has 28 heavy (non-hydrogen) atoms. The van der Waals surface area contributed by atoms with Gasteiger partial charge in [0, 0.05) is 44.1 Å². The molecule has 0 saturated carbocycles. The van der Waals surface area contributed by atoms with Crippen molar-refractivity contribution in [1.82, 2.24) is 15.4 Å². The molecule has 1 amide bonds. The Balaban J connectivity index is 1.26. The summed E-state index contributed by atoms with van der Waals surface area (Å²) in [6.07, 6.45) is 5.00. The number of aryl methyl sites for hydroxylation is 1. The van der Waals surface area contributed by atoms with Crippen LogP contribution in [0.1, 0.15) is 41.4 Å². The third-order valence-corrected chi connectivity index (χ3v) is 6.92. The van der Waals surface area contributed by atoms with Crippen molar-refractivity contribution in [1.29, 1.82) is 0 Å². The molecule has 6 nitrogen and oxygen atoms in total. The summed E-state index contributed by atoms with van der Waals surface area (Å²) < 4.78 is 11.3. The molecular weight excluding hydrogens is 354 g/mol. The smallest absolute Gasteiger partial charge is 0.273 e. The molecule has 2 aromatic rings. The number of hydrogen-bond acceptors (Lipinski definition) is 5. The number of likely N-dealkylation sites (tertiary alicyclic amines) is 1. The average molecular weight is 381 g/mol. The fourth-order valence-corrected chi connectivity index (χ4v) is 5.61. The Kier molecular flexibility index (Phi) is 4.48. The first-order valence-corrected chi connectivity index (χ1v) is 10.3. The van der Waals surface area contributed by atoms with Crippen molar-refractivity contribution in [3.05, 3.63) is 53.4 Å². The Morgan fingerprint density at radius 1 is 1.32 bits per heavy atom. The molecule has 3 saturated heterocycles. The van der Waals surface area contributed by atoms with E-state index >= 15 is 0 Å². The Morgan fingerprint density at radius 2 is 2.18 bits per heavy atom. The van der Waals surface area contributed by atoms with Crippen molar-refractivity contribution in [2.45, 2.75) is 44.4 Å². The van der Waals surface area contributed by atoms with E-state index in [0.717, 1.165) is 38.9 Å². The highest BCUT2D eigenvalue weighted by atomic mass is 16.5. The highest BCUT2D eigenvalue weighted by Crippen LogP contribution is 2.54. The lowest BCUT2D eigenvalue weighted by Gasteiger charge is -2.29. The van der Waals surface area contributed by atoms with Crippen LogP contribution in [-0.4, -0.2) is 47.3 Å². The van der Waals surface area contributed by atoms with Gasteiger partial charge >= 0.3 is 0 Å². The molecule has 3 aliphatic rings. The number of amides is 1. The molecule has 4 heterocycles. The van der Waals surface area contributed by atoms with E-state index in [-0.39, 0.29) is 17.6 Å². The number of rotatable bonds is 6. The fraction of sp³-hybridized carbons (Fsp3) is 0.545. The number of benzene rings is 1. The van der Waals surface area contributed by atoms with Gasteiger partial charge in [-0.05, 0) is 30.4 Å². The molecule has 3 aliphatic heterocycles. The van der Waals surface area contributed by atoms with Crippen LogP contribution < -0.4 is 5.32 Å². The summed E-state index contributed by atoms with van der Waals surface area (Å²) in [4.78, 5) is 14.8. The van der Waals surface area contributed by atoms with Crippen molar-refractivity contribution >= 4 is 5.91 Å². The van der Waals surface area contributed by atoms with E-state index in [1.807, 2.05) is 0 Å². The van der Waals surface area contributed by atoms with Crippen LogP contribution in [-0.2, 0) is 17.7 Å². The molecule has 0 unspecified atom stereocenters. The van der Waals surface area contributed by atoms with Crippen LogP contribution in [0.3, 0.4) is 0 Å². The lowest BCUT2D eigenvalue weighted by Crippen LogP contribution is -2.42. The molecule has 1 aromatic carbocycles. The van der Waals surface area contributed by atoms with Gasteiger partial charge in [-0.25, -0.2) is 0 Å². The van der Waals surface area contributed by atoms with E-state index in [2.05, 4.69) is 46.6 Å². The molecule has 0 aliphatic carbocycles. The van der Waals surface area contributed by atoms with Gasteiger partial charge in [-0.1, -0.05) is 36.3 Å². The maximum Gasteiger partial charge on any atom is 0.273 e. The van der Waals surface area contributed by atoms with E-state index in [4.69, 9.17) is 9.26 Å². The van der Waals surface area contributed by atoms with Crippen LogP contribution in [0.5, 0.6) is 0 Å². The molecule has 0 radical (unpaired) electrons. The lowest BCUT2D eigenvalue weighted by atomic mass is 9.73. The molecule has 148 valence electrons. The third kappa shape index (κ3) is 2.95. The zero-order valence-corrected chi connectivity index (χ0v) is 16.3. The van der Waals surface area contributed by atoms with Crippen LogP contribution >= 0.6 is 0 Å². The minimum atomic E-state index is -0.169. The van der Waals surface area contributed by atoms with Crippen molar-refractivity contribution in [3.63, 3.8) is 0 Å². The summed E-state index contributed by atoms with van der Waals surface area (Å²) in [7, 11) is 0. The van der Waals surface area contributed by atoms with Crippen molar-refractivity contribution in [3.8, 4) is 0 Å². The summed E-state index contributed by atoms with van der Waals surface area (Å²) in [6, 6.07) is 10.3. The Morgan fingerprint density at radius 3 is 2.96 bits per heavy atom. The van der Waals surface area contributed by atoms with Gasteiger partial charge in [0.05, 0.1) is 11.7 Å². The van der Waals surface area contributed by atoms with Gasteiger partial charge in [0.15, 0.2) is 5.69 Å². The Hall–Kier alpha value is -2.18. The summed E-state index contributed by atoms with van der Waals surface area (Å²) in [5.74, 6) is 0.686. The Labute approximate surface area is 165 Å². The second kappa shape index (κ2) is 7.01. The minimum Gasteiger partial charge on any atom is -0.370 e. The molecule has 6 heteroatoms. The van der Waals surface area contributed by atoms with Crippen molar-refractivity contribution in [2.24, 2.45) is 11.8 Å². The van der Waals surface area contributed by atoms with Crippen LogP contribution in [0, 0.1) is 11.8 Å². The summed E-state index contributed by atoms with van der Waals surface area (Å²) >= 11 is 0. The topological polar surface area (TPSA) is 67.6 Å². The van der Waals surface area contributed by atoms with E-state index in [9.17, 15) is 4.79 Å². The van der Waals surface area contributed by atoms with Gasteiger partial charge in [-0.3, -0.25) is 9.69 Å². The van der Waals surface area contributed by atoms with Crippen LogP contribution in [0.4, 0.5) is 0 Å². The molecule has 1 N–H and O–H groups in total. The molecule has 4 atom stereocenters. The number of carbonyl (C=O) groups is 1. The van der Waals surface area contributed by atoms with Gasteiger partial charge in [0.1, 0.15) is 6.26 Å². The van der Waals surface area contributed by atoms with E-state index in [1.165, 1.54) is 17.4 Å². The average Bonchev–Trinajstić information content (AvgIpc) is 3.47. The molecule has 1 spiro atoms. The predicted molar refractivity (Wildman–Crippen MR) is 104 cm³/mol. The highest BCUT2D eigenvalue weighted by molar-refractivity contribution is 5.91.